The first kappa shape index (κ1) is 21.4. The van der Waals surface area contributed by atoms with Crippen LogP contribution in [0.25, 0.3) is 0 Å². The third-order valence-electron chi connectivity index (χ3n) is 6.71. The highest BCUT2D eigenvalue weighted by atomic mass is 16.5. The third kappa shape index (κ3) is 4.75. The first-order valence-electron chi connectivity index (χ1n) is 11.3. The quantitative estimate of drug-likeness (QED) is 0.739. The van der Waals surface area contributed by atoms with E-state index < -0.39 is 0 Å². The minimum absolute atomic E-state index is 0.154. The highest BCUT2D eigenvalue weighted by molar-refractivity contribution is 5.92. The monoisotopic (exact) mass is 421 g/mol. The smallest absolute Gasteiger partial charge is 0.290 e. The Bertz CT molecular complexity index is 949. The number of nitriles is 1. The van der Waals surface area contributed by atoms with Crippen LogP contribution in [-0.2, 0) is 6.42 Å². The summed E-state index contributed by atoms with van der Waals surface area (Å²) in [7, 11) is 0. The number of nitrogens with zero attached hydrogens (tertiary/aromatic N) is 4. The predicted octanol–water partition coefficient (Wildman–Crippen LogP) is 3.14. The number of carbonyl (C=O) groups excluding carboxylic acids is 1. The van der Waals surface area contributed by atoms with Gasteiger partial charge >= 0.3 is 0 Å². The third-order valence-corrected chi connectivity index (χ3v) is 6.71. The molecule has 1 saturated carbocycles. The second-order valence-corrected chi connectivity index (χ2v) is 8.74. The van der Waals surface area contributed by atoms with Crippen LogP contribution in [-0.4, -0.2) is 54.7 Å². The van der Waals surface area contributed by atoms with E-state index in [9.17, 15) is 10.1 Å². The van der Waals surface area contributed by atoms with Crippen LogP contribution in [0, 0.1) is 24.2 Å². The van der Waals surface area contributed by atoms with Crippen molar-refractivity contribution in [2.75, 3.05) is 37.6 Å². The number of nitrogens with one attached hydrogen (secondary N) is 1. The van der Waals surface area contributed by atoms with Crippen LogP contribution < -0.4 is 10.2 Å². The van der Waals surface area contributed by atoms with Gasteiger partial charge in [0.1, 0.15) is 6.07 Å². The van der Waals surface area contributed by atoms with Crippen molar-refractivity contribution in [1.82, 2.24) is 15.4 Å². The van der Waals surface area contributed by atoms with Crippen molar-refractivity contribution >= 4 is 11.6 Å². The number of rotatable bonds is 7. The maximum atomic E-state index is 12.2. The van der Waals surface area contributed by atoms with Gasteiger partial charge in [-0.15, -0.1) is 0 Å². The second-order valence-electron chi connectivity index (χ2n) is 8.74. The summed E-state index contributed by atoms with van der Waals surface area (Å²) in [6.45, 7) is 9.00. The lowest BCUT2D eigenvalue weighted by molar-refractivity contribution is 0.0840. The van der Waals surface area contributed by atoms with Gasteiger partial charge in [0.15, 0.2) is 0 Å². The molecule has 1 aromatic carbocycles. The number of aryl methyl sites for hydroxylation is 2. The molecular weight excluding hydrogens is 390 g/mol. The van der Waals surface area contributed by atoms with E-state index in [1.54, 1.807) is 6.20 Å². The SMILES string of the molecule is CCc1cccc(N2CCN(CCC3CC(NC(=O)c4oncc4C)C3)CC2)c1C#N. The fraction of sp³-hybridized carbons (Fsp3) is 0.542. The molecule has 1 aliphatic carbocycles. The standard InChI is InChI=1S/C24H31N5O2/c1-3-19-5-4-6-22(21(19)15-25)29-11-9-28(10-12-29)8-7-18-13-20(14-18)27-24(30)23-17(2)16-26-31-23/h4-6,16,18,20H,3,7-14H2,1-2H3,(H,27,30). The van der Waals surface area contributed by atoms with Crippen LogP contribution in [0.4, 0.5) is 5.69 Å². The molecule has 2 fully saturated rings. The van der Waals surface area contributed by atoms with E-state index in [0.29, 0.717) is 11.7 Å². The van der Waals surface area contributed by atoms with Gasteiger partial charge in [0.25, 0.3) is 5.91 Å². The topological polar surface area (TPSA) is 85.4 Å². The van der Waals surface area contributed by atoms with E-state index >= 15 is 0 Å². The predicted molar refractivity (Wildman–Crippen MR) is 119 cm³/mol. The van der Waals surface area contributed by atoms with Gasteiger partial charge in [-0.1, -0.05) is 24.2 Å². The lowest BCUT2D eigenvalue weighted by Crippen LogP contribution is -2.48. The summed E-state index contributed by atoms with van der Waals surface area (Å²) < 4.78 is 5.03. The molecule has 2 heterocycles. The number of hydrogen-bond acceptors (Lipinski definition) is 6. The van der Waals surface area contributed by atoms with Crippen LogP contribution in [0.1, 0.15) is 53.4 Å². The van der Waals surface area contributed by atoms with Gasteiger partial charge in [0.05, 0.1) is 17.4 Å². The summed E-state index contributed by atoms with van der Waals surface area (Å²) >= 11 is 0. The van der Waals surface area contributed by atoms with Gasteiger partial charge in [-0.3, -0.25) is 9.69 Å². The van der Waals surface area contributed by atoms with Crippen LogP contribution in [0.15, 0.2) is 28.9 Å². The fourth-order valence-electron chi connectivity index (χ4n) is 4.70. The molecule has 7 heteroatoms. The summed E-state index contributed by atoms with van der Waals surface area (Å²) in [5.41, 5.74) is 3.82. The molecule has 7 nitrogen and oxygen atoms in total. The molecule has 31 heavy (non-hydrogen) atoms. The lowest BCUT2D eigenvalue weighted by Gasteiger charge is -2.39. The molecule has 0 radical (unpaired) electrons. The number of anilines is 1. The van der Waals surface area contributed by atoms with Crippen molar-refractivity contribution in [3.63, 3.8) is 0 Å². The first-order chi connectivity index (χ1) is 15.1. The maximum Gasteiger partial charge on any atom is 0.290 e. The Kier molecular flexibility index (Phi) is 6.57. The summed E-state index contributed by atoms with van der Waals surface area (Å²) in [6.07, 6.45) is 5.70. The average Bonchev–Trinajstić information content (AvgIpc) is 3.20. The molecule has 0 bridgehead atoms. The number of benzene rings is 1. The summed E-state index contributed by atoms with van der Waals surface area (Å²) in [4.78, 5) is 17.1. The van der Waals surface area contributed by atoms with E-state index in [2.05, 4.69) is 51.5 Å². The van der Waals surface area contributed by atoms with E-state index in [0.717, 1.165) is 74.4 Å². The normalized spacial score (nSPS) is 21.4. The van der Waals surface area contributed by atoms with Crippen molar-refractivity contribution in [1.29, 1.82) is 5.26 Å². The zero-order valence-corrected chi connectivity index (χ0v) is 18.4. The molecule has 2 aromatic rings. The van der Waals surface area contributed by atoms with Crippen molar-refractivity contribution in [2.24, 2.45) is 5.92 Å². The van der Waals surface area contributed by atoms with Crippen LogP contribution >= 0.6 is 0 Å². The molecule has 2 aliphatic rings. The molecule has 0 atom stereocenters. The fourth-order valence-corrected chi connectivity index (χ4v) is 4.70. The second kappa shape index (κ2) is 9.52. The minimum atomic E-state index is -0.154. The van der Waals surface area contributed by atoms with E-state index in [1.807, 2.05) is 6.92 Å². The van der Waals surface area contributed by atoms with Crippen molar-refractivity contribution in [3.8, 4) is 6.07 Å². The van der Waals surface area contributed by atoms with Gasteiger partial charge in [-0.2, -0.15) is 5.26 Å². The Labute approximate surface area is 184 Å². The number of hydrogen-bond donors (Lipinski definition) is 1. The van der Waals surface area contributed by atoms with E-state index in [-0.39, 0.29) is 11.9 Å². The molecule has 1 saturated heterocycles. The van der Waals surface area contributed by atoms with Crippen molar-refractivity contribution < 1.29 is 9.32 Å². The Hall–Kier alpha value is -2.85. The number of carbonyl (C=O) groups is 1. The summed E-state index contributed by atoms with van der Waals surface area (Å²) in [5.74, 6) is 0.842. The van der Waals surface area contributed by atoms with E-state index in [4.69, 9.17) is 4.52 Å². The summed E-state index contributed by atoms with van der Waals surface area (Å²) in [6, 6.07) is 8.86. The maximum absolute atomic E-state index is 12.2. The summed E-state index contributed by atoms with van der Waals surface area (Å²) in [5, 5.41) is 16.3. The van der Waals surface area contributed by atoms with Gasteiger partial charge in [-0.05, 0) is 56.7 Å². The van der Waals surface area contributed by atoms with Crippen molar-refractivity contribution in [2.45, 2.75) is 45.6 Å². The van der Waals surface area contributed by atoms with Crippen molar-refractivity contribution in [3.05, 3.63) is 46.8 Å². The van der Waals surface area contributed by atoms with Gasteiger partial charge in [-0.25, -0.2) is 0 Å². The van der Waals surface area contributed by atoms with E-state index in [1.165, 1.54) is 6.42 Å². The van der Waals surface area contributed by atoms with Crippen LogP contribution in [0.2, 0.25) is 0 Å². The van der Waals surface area contributed by atoms with Crippen LogP contribution in [0.3, 0.4) is 0 Å². The Morgan fingerprint density at radius 3 is 2.71 bits per heavy atom. The number of amides is 1. The zero-order chi connectivity index (χ0) is 21.8. The first-order valence-corrected chi connectivity index (χ1v) is 11.3. The molecule has 0 spiro atoms. The molecule has 1 aliphatic heterocycles. The Balaban J connectivity index is 1.18. The molecule has 4 rings (SSSR count). The highest BCUT2D eigenvalue weighted by Crippen LogP contribution is 2.31. The molecule has 1 N–H and O–H groups in total. The zero-order valence-electron chi connectivity index (χ0n) is 18.4. The molecule has 0 unspecified atom stereocenters. The lowest BCUT2D eigenvalue weighted by atomic mass is 9.78. The highest BCUT2D eigenvalue weighted by Gasteiger charge is 2.32. The molecule has 1 amide bonds. The Morgan fingerprint density at radius 2 is 2.06 bits per heavy atom. The van der Waals surface area contributed by atoms with Gasteiger partial charge < -0.3 is 14.7 Å². The molecule has 164 valence electrons. The molecular formula is C24H31N5O2. The van der Waals surface area contributed by atoms with Gasteiger partial charge in [0.2, 0.25) is 5.76 Å². The number of aromatic nitrogens is 1. The number of piperazine rings is 1. The largest absolute Gasteiger partial charge is 0.368 e. The molecule has 1 aromatic heterocycles. The van der Waals surface area contributed by atoms with Crippen LogP contribution in [0.5, 0.6) is 0 Å². The minimum Gasteiger partial charge on any atom is -0.368 e. The average molecular weight is 422 g/mol. The van der Waals surface area contributed by atoms with Gasteiger partial charge in [0, 0.05) is 37.8 Å². The Morgan fingerprint density at radius 1 is 1.29 bits per heavy atom.